The summed E-state index contributed by atoms with van der Waals surface area (Å²) in [5.41, 5.74) is 5.30. The number of allylic oxidation sites excluding steroid dienone is 2. The largest absolute Gasteiger partial charge is 0.454 e. The highest BCUT2D eigenvalue weighted by molar-refractivity contribution is 5.91. The Morgan fingerprint density at radius 1 is 0.923 bits per heavy atom. The zero-order chi connectivity index (χ0) is 27.5. The molecular formula is C34H36O5. The van der Waals surface area contributed by atoms with Crippen molar-refractivity contribution in [1.82, 2.24) is 0 Å². The molecule has 0 saturated heterocycles. The van der Waals surface area contributed by atoms with E-state index in [0.29, 0.717) is 16.9 Å². The number of benzene rings is 3. The Morgan fingerprint density at radius 2 is 1.56 bits per heavy atom. The summed E-state index contributed by atoms with van der Waals surface area (Å²) in [7, 11) is 0. The molecule has 4 atom stereocenters. The van der Waals surface area contributed by atoms with Crippen molar-refractivity contribution in [3.8, 4) is 11.5 Å². The lowest BCUT2D eigenvalue weighted by molar-refractivity contribution is -0.101. The predicted molar refractivity (Wildman–Crippen MR) is 151 cm³/mol. The fourth-order valence-electron chi connectivity index (χ4n) is 5.96. The third-order valence-electron chi connectivity index (χ3n) is 7.88. The van der Waals surface area contributed by atoms with Gasteiger partial charge in [0.15, 0.2) is 0 Å². The fourth-order valence-corrected chi connectivity index (χ4v) is 5.96. The average Bonchev–Trinajstić information content (AvgIpc) is 2.93. The second kappa shape index (κ2) is 11.5. The summed E-state index contributed by atoms with van der Waals surface area (Å²) in [5, 5.41) is 0. The molecule has 39 heavy (non-hydrogen) atoms. The van der Waals surface area contributed by atoms with Crippen LogP contribution in [-0.4, -0.2) is 18.2 Å². The van der Waals surface area contributed by atoms with Gasteiger partial charge in [-0.05, 0) is 94.2 Å². The van der Waals surface area contributed by atoms with Crippen molar-refractivity contribution in [2.75, 3.05) is 0 Å². The molecule has 0 N–H and O–H groups in total. The van der Waals surface area contributed by atoms with Crippen LogP contribution in [0.15, 0.2) is 78.4 Å². The molecule has 3 aromatic rings. The molecule has 0 radical (unpaired) electrons. The number of hydrogen-bond acceptors (Lipinski definition) is 5. The number of aryl methyl sites for hydroxylation is 1. The molecular weight excluding hydrogens is 488 g/mol. The van der Waals surface area contributed by atoms with E-state index in [-0.39, 0.29) is 29.7 Å². The Labute approximate surface area is 230 Å². The lowest BCUT2D eigenvalue weighted by Crippen LogP contribution is -2.41. The minimum atomic E-state index is -0.696. The number of carbonyl (C=O) groups is 2. The number of ether oxygens (including phenoxy) is 3. The molecule has 0 spiro atoms. The first kappa shape index (κ1) is 26.7. The summed E-state index contributed by atoms with van der Waals surface area (Å²) in [4.78, 5) is 26.1. The van der Waals surface area contributed by atoms with E-state index in [1.54, 1.807) is 24.3 Å². The van der Waals surface area contributed by atoms with Crippen molar-refractivity contribution in [2.45, 2.75) is 71.5 Å². The van der Waals surface area contributed by atoms with Crippen molar-refractivity contribution in [2.24, 2.45) is 5.92 Å². The molecule has 1 aliphatic heterocycles. The molecule has 202 valence electrons. The maximum atomic E-state index is 13.1. The van der Waals surface area contributed by atoms with Crippen LogP contribution < -0.4 is 9.47 Å². The summed E-state index contributed by atoms with van der Waals surface area (Å²) in [6, 6.07) is 20.0. The highest BCUT2D eigenvalue weighted by Gasteiger charge is 2.45. The first-order chi connectivity index (χ1) is 18.8. The first-order valence-electron chi connectivity index (χ1n) is 13.8. The molecule has 1 heterocycles. The van der Waals surface area contributed by atoms with Crippen LogP contribution in [0.3, 0.4) is 0 Å². The van der Waals surface area contributed by atoms with Gasteiger partial charge in [-0.1, -0.05) is 55.0 Å². The molecule has 0 saturated carbocycles. The molecule has 5 rings (SSSR count). The standard InChI is InChI=1S/C34H36O5/c1-21(2)12-11-17-27-26-19-18-22(3)29-28(37-32(35)24-13-7-5-8-14-24)20-23(4)31(30(26)29)38-34(27)39-33(36)25-15-9-6-10-16-25/h5-10,12-16,20,22,26-27,34H,11,17-19H2,1-4H3/t22-,26+,27+,34?/m1/s1. The van der Waals surface area contributed by atoms with Gasteiger partial charge >= 0.3 is 11.9 Å². The quantitative estimate of drug-likeness (QED) is 0.177. The minimum absolute atomic E-state index is 0.0218. The minimum Gasteiger partial charge on any atom is -0.454 e. The molecule has 0 fully saturated rings. The Hall–Kier alpha value is -3.86. The SMILES string of the molecule is CC(C)=CCC[C@@H]1C(OC(=O)c2ccccc2)Oc2c(C)cc(OC(=O)c3ccccc3)c3c2[C@H]1CC[C@H]3C. The molecule has 1 aliphatic carbocycles. The van der Waals surface area contributed by atoms with Gasteiger partial charge in [-0.2, -0.15) is 0 Å². The third kappa shape index (κ3) is 5.63. The Balaban J connectivity index is 1.53. The summed E-state index contributed by atoms with van der Waals surface area (Å²) in [5.74, 6) is 0.923. The Bertz CT molecular complexity index is 1370. The van der Waals surface area contributed by atoms with Gasteiger partial charge < -0.3 is 14.2 Å². The number of hydrogen-bond donors (Lipinski definition) is 0. The van der Waals surface area contributed by atoms with Gasteiger partial charge in [0.1, 0.15) is 11.5 Å². The zero-order valence-corrected chi connectivity index (χ0v) is 23.1. The molecule has 0 aromatic heterocycles. The van der Waals surface area contributed by atoms with Crippen molar-refractivity contribution in [3.63, 3.8) is 0 Å². The number of esters is 2. The second-order valence-electron chi connectivity index (χ2n) is 11.0. The van der Waals surface area contributed by atoms with Gasteiger partial charge in [0.2, 0.25) is 6.29 Å². The maximum absolute atomic E-state index is 13.1. The summed E-state index contributed by atoms with van der Waals surface area (Å²) < 4.78 is 18.7. The van der Waals surface area contributed by atoms with Crippen LogP contribution in [-0.2, 0) is 4.74 Å². The van der Waals surface area contributed by atoms with E-state index in [1.807, 2.05) is 49.4 Å². The Morgan fingerprint density at radius 3 is 2.21 bits per heavy atom. The van der Waals surface area contributed by atoms with E-state index in [9.17, 15) is 9.59 Å². The van der Waals surface area contributed by atoms with E-state index in [1.165, 1.54) is 5.57 Å². The second-order valence-corrected chi connectivity index (χ2v) is 11.0. The molecule has 0 amide bonds. The third-order valence-corrected chi connectivity index (χ3v) is 7.88. The Kier molecular flexibility index (Phi) is 7.87. The van der Waals surface area contributed by atoms with Crippen LogP contribution >= 0.6 is 0 Å². The van der Waals surface area contributed by atoms with Crippen LogP contribution in [0.2, 0.25) is 0 Å². The van der Waals surface area contributed by atoms with Crippen LogP contribution in [0.1, 0.15) is 95.7 Å². The van der Waals surface area contributed by atoms with Gasteiger partial charge in [-0.15, -0.1) is 0 Å². The molecule has 1 unspecified atom stereocenters. The monoisotopic (exact) mass is 524 g/mol. The zero-order valence-electron chi connectivity index (χ0n) is 23.1. The molecule has 5 heteroatoms. The molecule has 2 aliphatic rings. The lowest BCUT2D eigenvalue weighted by Gasteiger charge is -2.44. The topological polar surface area (TPSA) is 61.8 Å². The van der Waals surface area contributed by atoms with Crippen LogP contribution in [0.5, 0.6) is 11.5 Å². The van der Waals surface area contributed by atoms with Gasteiger partial charge in [-0.3, -0.25) is 0 Å². The summed E-state index contributed by atoms with van der Waals surface area (Å²) >= 11 is 0. The fraction of sp³-hybridized carbons (Fsp3) is 0.353. The summed E-state index contributed by atoms with van der Waals surface area (Å²) in [6.07, 6.45) is 5.13. The van der Waals surface area contributed by atoms with E-state index >= 15 is 0 Å². The maximum Gasteiger partial charge on any atom is 0.343 e. The van der Waals surface area contributed by atoms with Crippen molar-refractivity contribution in [1.29, 1.82) is 0 Å². The average molecular weight is 525 g/mol. The van der Waals surface area contributed by atoms with Crippen LogP contribution in [0, 0.1) is 12.8 Å². The highest BCUT2D eigenvalue weighted by Crippen LogP contribution is 2.55. The van der Waals surface area contributed by atoms with Crippen molar-refractivity contribution < 1.29 is 23.8 Å². The number of rotatable bonds is 7. The van der Waals surface area contributed by atoms with E-state index in [2.05, 4.69) is 26.8 Å². The normalized spacial score (nSPS) is 21.2. The van der Waals surface area contributed by atoms with Crippen LogP contribution in [0.4, 0.5) is 0 Å². The van der Waals surface area contributed by atoms with E-state index in [4.69, 9.17) is 14.2 Å². The first-order valence-corrected chi connectivity index (χ1v) is 13.8. The highest BCUT2D eigenvalue weighted by atomic mass is 16.7. The van der Waals surface area contributed by atoms with E-state index in [0.717, 1.165) is 48.1 Å². The van der Waals surface area contributed by atoms with Crippen molar-refractivity contribution >= 4 is 11.9 Å². The molecule has 0 bridgehead atoms. The van der Waals surface area contributed by atoms with Gasteiger partial charge in [-0.25, -0.2) is 9.59 Å². The van der Waals surface area contributed by atoms with Crippen molar-refractivity contribution in [3.05, 3.63) is 106 Å². The van der Waals surface area contributed by atoms with Gasteiger partial charge in [0, 0.05) is 17.0 Å². The van der Waals surface area contributed by atoms with Gasteiger partial charge in [0.05, 0.1) is 11.1 Å². The van der Waals surface area contributed by atoms with Crippen LogP contribution in [0.25, 0.3) is 0 Å². The van der Waals surface area contributed by atoms with Gasteiger partial charge in [0.25, 0.3) is 0 Å². The smallest absolute Gasteiger partial charge is 0.343 e. The predicted octanol–water partition coefficient (Wildman–Crippen LogP) is 8.13. The van der Waals surface area contributed by atoms with E-state index < -0.39 is 6.29 Å². The summed E-state index contributed by atoms with van der Waals surface area (Å²) in [6.45, 7) is 8.33. The number of carbonyl (C=O) groups excluding carboxylic acids is 2. The molecule has 3 aromatic carbocycles. The molecule has 5 nitrogen and oxygen atoms in total. The lowest BCUT2D eigenvalue weighted by atomic mass is 9.68.